The molecule has 0 radical (unpaired) electrons. The summed E-state index contributed by atoms with van der Waals surface area (Å²) in [6.07, 6.45) is 0. The molecule has 0 atom stereocenters. The summed E-state index contributed by atoms with van der Waals surface area (Å²) >= 11 is 6.10. The SMILES string of the molecule is CCOc1cc(N)cc(Nc2cccc(Cl)c2C)c1. The number of halogens is 1. The van der Waals surface area contributed by atoms with Crippen molar-refractivity contribution in [1.29, 1.82) is 0 Å². The van der Waals surface area contributed by atoms with E-state index < -0.39 is 0 Å². The Labute approximate surface area is 118 Å². The van der Waals surface area contributed by atoms with Gasteiger partial charge >= 0.3 is 0 Å². The van der Waals surface area contributed by atoms with Crippen molar-refractivity contribution in [2.75, 3.05) is 17.7 Å². The van der Waals surface area contributed by atoms with Gasteiger partial charge in [-0.15, -0.1) is 0 Å². The summed E-state index contributed by atoms with van der Waals surface area (Å²) in [6.45, 7) is 4.52. The predicted molar refractivity (Wildman–Crippen MR) is 81.5 cm³/mol. The van der Waals surface area contributed by atoms with Gasteiger partial charge < -0.3 is 15.8 Å². The van der Waals surface area contributed by atoms with Crippen LogP contribution in [0.2, 0.25) is 5.02 Å². The van der Waals surface area contributed by atoms with Gasteiger partial charge in [-0.1, -0.05) is 17.7 Å². The van der Waals surface area contributed by atoms with Crippen molar-refractivity contribution in [2.24, 2.45) is 0 Å². The lowest BCUT2D eigenvalue weighted by atomic mass is 10.2. The van der Waals surface area contributed by atoms with Crippen molar-refractivity contribution >= 4 is 28.7 Å². The van der Waals surface area contributed by atoms with E-state index in [1.165, 1.54) is 0 Å². The molecule has 0 fully saturated rings. The van der Waals surface area contributed by atoms with Crippen LogP contribution in [0.25, 0.3) is 0 Å². The van der Waals surface area contributed by atoms with Crippen molar-refractivity contribution in [1.82, 2.24) is 0 Å². The zero-order valence-electron chi connectivity index (χ0n) is 11.0. The molecule has 3 N–H and O–H groups in total. The van der Waals surface area contributed by atoms with Crippen LogP contribution < -0.4 is 15.8 Å². The summed E-state index contributed by atoms with van der Waals surface area (Å²) in [4.78, 5) is 0. The van der Waals surface area contributed by atoms with Gasteiger partial charge in [-0.2, -0.15) is 0 Å². The number of hydrogen-bond donors (Lipinski definition) is 2. The second-order valence-corrected chi connectivity index (χ2v) is 4.67. The Kier molecular flexibility index (Phi) is 4.17. The number of ether oxygens (including phenoxy) is 1. The van der Waals surface area contributed by atoms with Crippen molar-refractivity contribution in [3.8, 4) is 5.75 Å². The third kappa shape index (κ3) is 3.32. The minimum atomic E-state index is 0.610. The van der Waals surface area contributed by atoms with Gasteiger partial charge in [0.05, 0.1) is 6.61 Å². The summed E-state index contributed by atoms with van der Waals surface area (Å²) < 4.78 is 5.47. The van der Waals surface area contributed by atoms with Gasteiger partial charge in [0, 0.05) is 34.2 Å². The monoisotopic (exact) mass is 276 g/mol. The zero-order valence-corrected chi connectivity index (χ0v) is 11.8. The second kappa shape index (κ2) is 5.85. The second-order valence-electron chi connectivity index (χ2n) is 4.26. The normalized spacial score (nSPS) is 10.3. The van der Waals surface area contributed by atoms with Crippen molar-refractivity contribution < 1.29 is 4.74 Å². The Hall–Kier alpha value is -1.87. The fraction of sp³-hybridized carbons (Fsp3) is 0.200. The molecule has 2 aromatic rings. The van der Waals surface area contributed by atoms with E-state index in [4.69, 9.17) is 22.1 Å². The van der Waals surface area contributed by atoms with Crippen LogP contribution in [0.15, 0.2) is 36.4 Å². The Bertz CT molecular complexity index is 584. The van der Waals surface area contributed by atoms with Crippen LogP contribution in [-0.4, -0.2) is 6.61 Å². The van der Waals surface area contributed by atoms with Crippen LogP contribution >= 0.6 is 11.6 Å². The largest absolute Gasteiger partial charge is 0.494 e. The lowest BCUT2D eigenvalue weighted by molar-refractivity contribution is 0.340. The molecule has 0 aliphatic carbocycles. The van der Waals surface area contributed by atoms with E-state index in [-0.39, 0.29) is 0 Å². The summed E-state index contributed by atoms with van der Waals surface area (Å²) in [5.74, 6) is 0.754. The van der Waals surface area contributed by atoms with E-state index >= 15 is 0 Å². The molecule has 19 heavy (non-hydrogen) atoms. The van der Waals surface area contributed by atoms with Gasteiger partial charge in [0.15, 0.2) is 0 Å². The van der Waals surface area contributed by atoms with Gasteiger partial charge in [0.25, 0.3) is 0 Å². The van der Waals surface area contributed by atoms with Gasteiger partial charge in [-0.25, -0.2) is 0 Å². The first-order valence-corrected chi connectivity index (χ1v) is 6.53. The first kappa shape index (κ1) is 13.6. The van der Waals surface area contributed by atoms with E-state index in [1.807, 2.05) is 44.2 Å². The fourth-order valence-corrected chi connectivity index (χ4v) is 2.02. The molecule has 0 bridgehead atoms. The number of hydrogen-bond acceptors (Lipinski definition) is 3. The van der Waals surface area contributed by atoms with Gasteiger partial charge in [0.2, 0.25) is 0 Å². The van der Waals surface area contributed by atoms with Crippen LogP contribution in [0.4, 0.5) is 17.1 Å². The average molecular weight is 277 g/mol. The molecular weight excluding hydrogens is 260 g/mol. The quantitative estimate of drug-likeness (QED) is 0.815. The topological polar surface area (TPSA) is 47.3 Å². The third-order valence-electron chi connectivity index (χ3n) is 2.79. The zero-order chi connectivity index (χ0) is 13.8. The Morgan fingerprint density at radius 3 is 2.79 bits per heavy atom. The maximum Gasteiger partial charge on any atom is 0.123 e. The highest BCUT2D eigenvalue weighted by Gasteiger charge is 2.04. The number of nitrogen functional groups attached to an aromatic ring is 1. The van der Waals surface area contributed by atoms with Gasteiger partial charge in [-0.3, -0.25) is 0 Å². The van der Waals surface area contributed by atoms with E-state index in [0.717, 1.165) is 27.7 Å². The van der Waals surface area contributed by atoms with E-state index in [2.05, 4.69) is 5.32 Å². The van der Waals surface area contributed by atoms with Crippen molar-refractivity contribution in [3.63, 3.8) is 0 Å². The van der Waals surface area contributed by atoms with E-state index in [9.17, 15) is 0 Å². The lowest BCUT2D eigenvalue weighted by Crippen LogP contribution is -1.98. The average Bonchev–Trinajstić information content (AvgIpc) is 2.35. The Balaban J connectivity index is 2.30. The summed E-state index contributed by atoms with van der Waals surface area (Å²) in [5, 5.41) is 4.04. The minimum Gasteiger partial charge on any atom is -0.494 e. The Morgan fingerprint density at radius 1 is 1.26 bits per heavy atom. The Morgan fingerprint density at radius 2 is 2.05 bits per heavy atom. The molecular formula is C15H17ClN2O. The highest BCUT2D eigenvalue weighted by Crippen LogP contribution is 2.29. The summed E-state index contributed by atoms with van der Waals surface area (Å²) in [7, 11) is 0. The molecule has 0 heterocycles. The lowest BCUT2D eigenvalue weighted by Gasteiger charge is -2.13. The van der Waals surface area contributed by atoms with Crippen molar-refractivity contribution in [2.45, 2.75) is 13.8 Å². The maximum atomic E-state index is 6.10. The smallest absolute Gasteiger partial charge is 0.123 e. The molecule has 4 heteroatoms. The number of nitrogens with one attached hydrogen (secondary N) is 1. The highest BCUT2D eigenvalue weighted by atomic mass is 35.5. The molecule has 2 aromatic carbocycles. The maximum absolute atomic E-state index is 6.10. The van der Waals surface area contributed by atoms with Gasteiger partial charge in [-0.05, 0) is 37.6 Å². The summed E-state index contributed by atoms with van der Waals surface area (Å²) in [5.41, 5.74) is 9.37. The molecule has 0 saturated heterocycles. The standard InChI is InChI=1S/C15H17ClN2O/c1-3-19-13-8-11(17)7-12(9-13)18-15-6-4-5-14(16)10(15)2/h4-9,18H,3,17H2,1-2H3. The van der Waals surface area contributed by atoms with Crippen LogP contribution in [0.3, 0.4) is 0 Å². The molecule has 0 aromatic heterocycles. The van der Waals surface area contributed by atoms with Crippen LogP contribution in [-0.2, 0) is 0 Å². The molecule has 2 rings (SSSR count). The summed E-state index contributed by atoms with van der Waals surface area (Å²) in [6, 6.07) is 11.3. The van der Waals surface area contributed by atoms with Crippen LogP contribution in [0.5, 0.6) is 5.75 Å². The van der Waals surface area contributed by atoms with E-state index in [0.29, 0.717) is 12.3 Å². The predicted octanol–water partition coefficient (Wildman–Crippen LogP) is 4.37. The number of rotatable bonds is 4. The number of benzene rings is 2. The minimum absolute atomic E-state index is 0.610. The van der Waals surface area contributed by atoms with E-state index in [1.54, 1.807) is 6.07 Å². The molecule has 0 unspecified atom stereocenters. The molecule has 0 aliphatic heterocycles. The molecule has 0 aliphatic rings. The first-order valence-electron chi connectivity index (χ1n) is 6.15. The number of anilines is 3. The molecule has 0 spiro atoms. The van der Waals surface area contributed by atoms with Crippen LogP contribution in [0, 0.1) is 6.92 Å². The molecule has 3 nitrogen and oxygen atoms in total. The van der Waals surface area contributed by atoms with Gasteiger partial charge in [0.1, 0.15) is 5.75 Å². The highest BCUT2D eigenvalue weighted by molar-refractivity contribution is 6.31. The molecule has 0 saturated carbocycles. The first-order chi connectivity index (χ1) is 9.10. The van der Waals surface area contributed by atoms with Crippen LogP contribution in [0.1, 0.15) is 12.5 Å². The molecule has 100 valence electrons. The van der Waals surface area contributed by atoms with Crippen molar-refractivity contribution in [3.05, 3.63) is 47.0 Å². The number of nitrogens with two attached hydrogens (primary N) is 1. The fourth-order valence-electron chi connectivity index (χ4n) is 1.84. The molecule has 0 amide bonds. The third-order valence-corrected chi connectivity index (χ3v) is 3.20.